The zero-order chi connectivity index (χ0) is 23.8. The van der Waals surface area contributed by atoms with Gasteiger partial charge in [0.05, 0.1) is 18.2 Å². The van der Waals surface area contributed by atoms with Crippen LogP contribution in [-0.2, 0) is 4.79 Å². The number of allylic oxidation sites excluding steroid dienone is 7. The molecule has 0 saturated heterocycles. The lowest BCUT2D eigenvalue weighted by atomic mass is 9.96. The average molecular weight is 424 g/mol. The summed E-state index contributed by atoms with van der Waals surface area (Å²) in [6.45, 7) is 18.4. The van der Waals surface area contributed by atoms with Crippen LogP contribution < -0.4 is 5.32 Å². The molecule has 1 amide bonds. The molecule has 0 aromatic heterocycles. The molecule has 0 aliphatic carbocycles. The van der Waals surface area contributed by atoms with Crippen molar-refractivity contribution in [3.8, 4) is 6.07 Å². The summed E-state index contributed by atoms with van der Waals surface area (Å²) in [6.07, 6.45) is 13.7. The third kappa shape index (κ3) is 10.8. The summed E-state index contributed by atoms with van der Waals surface area (Å²) in [5.41, 5.74) is 4.19. The molecule has 0 fully saturated rings. The number of hydrogen-bond donors (Lipinski definition) is 1. The fourth-order valence-corrected chi connectivity index (χ4v) is 3.19. The molecule has 0 spiro atoms. The molecule has 1 unspecified atom stereocenters. The largest absolute Gasteiger partial charge is 0.348 e. The topological polar surface area (TPSA) is 65.2 Å². The van der Waals surface area contributed by atoms with Gasteiger partial charge in [0.15, 0.2) is 0 Å². The predicted molar refractivity (Wildman–Crippen MR) is 134 cm³/mol. The van der Waals surface area contributed by atoms with Crippen LogP contribution >= 0.6 is 0 Å². The molecular weight excluding hydrogens is 382 g/mol. The highest BCUT2D eigenvalue weighted by molar-refractivity contribution is 6.38. The molecule has 170 valence electrons. The first-order chi connectivity index (χ1) is 14.7. The van der Waals surface area contributed by atoms with Crippen molar-refractivity contribution in [3.63, 3.8) is 0 Å². The molecule has 0 aliphatic heterocycles. The second kappa shape index (κ2) is 16.1. The van der Waals surface area contributed by atoms with Crippen molar-refractivity contribution in [2.24, 2.45) is 10.9 Å². The number of nitrogens with zero attached hydrogens (tertiary/aromatic N) is 2. The molecule has 4 heteroatoms. The second-order valence-corrected chi connectivity index (χ2v) is 7.92. The van der Waals surface area contributed by atoms with Gasteiger partial charge in [-0.15, -0.1) is 0 Å². The van der Waals surface area contributed by atoms with Crippen molar-refractivity contribution in [2.75, 3.05) is 0 Å². The van der Waals surface area contributed by atoms with E-state index in [9.17, 15) is 4.79 Å². The maximum absolute atomic E-state index is 12.8. The molecule has 0 aliphatic rings. The first kappa shape index (κ1) is 28.3. The number of nitriles is 1. The fourth-order valence-electron chi connectivity index (χ4n) is 3.19. The Hall–Kier alpha value is -2.67. The van der Waals surface area contributed by atoms with Gasteiger partial charge < -0.3 is 5.32 Å². The van der Waals surface area contributed by atoms with E-state index in [-0.39, 0.29) is 11.9 Å². The summed E-state index contributed by atoms with van der Waals surface area (Å²) in [4.78, 5) is 17.5. The quantitative estimate of drug-likeness (QED) is 0.256. The fraction of sp³-hybridized carbons (Fsp3) is 0.519. The minimum atomic E-state index is -0.121. The Morgan fingerprint density at radius 1 is 1.23 bits per heavy atom. The number of nitrogens with one attached hydrogen (secondary N) is 1. The van der Waals surface area contributed by atoms with Gasteiger partial charge in [0, 0.05) is 6.04 Å². The van der Waals surface area contributed by atoms with Gasteiger partial charge in [-0.1, -0.05) is 71.1 Å². The lowest BCUT2D eigenvalue weighted by Crippen LogP contribution is -2.41. The Bertz CT molecular complexity index is 786. The molecule has 0 radical (unpaired) electrons. The van der Waals surface area contributed by atoms with Crippen LogP contribution in [0.25, 0.3) is 0 Å². The van der Waals surface area contributed by atoms with E-state index in [1.807, 2.05) is 44.2 Å². The monoisotopic (exact) mass is 423 g/mol. The number of amides is 1. The molecule has 1 atom stereocenters. The Morgan fingerprint density at radius 3 is 2.39 bits per heavy atom. The van der Waals surface area contributed by atoms with Gasteiger partial charge in [-0.05, 0) is 62.7 Å². The van der Waals surface area contributed by atoms with E-state index in [1.165, 1.54) is 0 Å². The molecule has 0 heterocycles. The predicted octanol–water partition coefficient (Wildman–Crippen LogP) is 6.99. The van der Waals surface area contributed by atoms with Crippen LogP contribution in [0.1, 0.15) is 80.6 Å². The van der Waals surface area contributed by atoms with Crippen molar-refractivity contribution in [2.45, 2.75) is 86.6 Å². The van der Waals surface area contributed by atoms with E-state index in [0.717, 1.165) is 41.7 Å². The number of aliphatic imine (C=N–C) groups is 1. The lowest BCUT2D eigenvalue weighted by molar-refractivity contribution is -0.115. The van der Waals surface area contributed by atoms with Crippen LogP contribution in [-0.4, -0.2) is 17.7 Å². The summed E-state index contributed by atoms with van der Waals surface area (Å²) in [7, 11) is 0. The Morgan fingerprint density at radius 2 is 1.90 bits per heavy atom. The van der Waals surface area contributed by atoms with Gasteiger partial charge >= 0.3 is 0 Å². The van der Waals surface area contributed by atoms with Crippen LogP contribution in [0.3, 0.4) is 0 Å². The smallest absolute Gasteiger partial charge is 0.265 e. The van der Waals surface area contributed by atoms with E-state index in [4.69, 9.17) is 10.3 Å². The highest BCUT2D eigenvalue weighted by Gasteiger charge is 2.18. The van der Waals surface area contributed by atoms with Gasteiger partial charge in [0.1, 0.15) is 5.71 Å². The van der Waals surface area contributed by atoms with Crippen LogP contribution in [0.2, 0.25) is 0 Å². The van der Waals surface area contributed by atoms with Crippen molar-refractivity contribution in [3.05, 3.63) is 59.4 Å². The van der Waals surface area contributed by atoms with Crippen LogP contribution in [0.15, 0.2) is 64.4 Å². The van der Waals surface area contributed by atoms with Gasteiger partial charge in [-0.25, -0.2) is 4.99 Å². The van der Waals surface area contributed by atoms with E-state index in [0.29, 0.717) is 24.5 Å². The van der Waals surface area contributed by atoms with Crippen molar-refractivity contribution >= 4 is 11.6 Å². The summed E-state index contributed by atoms with van der Waals surface area (Å²) >= 11 is 0. The third-order valence-electron chi connectivity index (χ3n) is 5.01. The standard InChI is InChI=1S/C27H41N3O/c1-9-15-25(20(5)6)30-27(31)22(8)29-26(16-10-2)24(12-4)21(7)19-23(11-3)17-13-14-18-28/h11-13,16-17,20,25H,7,9-10,14-15,19H2,1-6,8H3,(H,30,31)/b17-13-,23-11+,24-12-,26-16+,29-22?. The number of carbonyl (C=O) groups is 1. The molecule has 0 aromatic carbocycles. The van der Waals surface area contributed by atoms with Gasteiger partial charge in [-0.2, -0.15) is 5.26 Å². The summed E-state index contributed by atoms with van der Waals surface area (Å²) in [5, 5.41) is 11.9. The van der Waals surface area contributed by atoms with E-state index in [1.54, 1.807) is 6.92 Å². The van der Waals surface area contributed by atoms with Crippen molar-refractivity contribution in [1.29, 1.82) is 5.26 Å². The second-order valence-electron chi connectivity index (χ2n) is 7.92. The van der Waals surface area contributed by atoms with Gasteiger partial charge in [0.2, 0.25) is 0 Å². The maximum atomic E-state index is 12.8. The van der Waals surface area contributed by atoms with Crippen molar-refractivity contribution < 1.29 is 4.79 Å². The van der Waals surface area contributed by atoms with Gasteiger partial charge in [-0.3, -0.25) is 4.79 Å². The third-order valence-corrected chi connectivity index (χ3v) is 5.01. The molecule has 0 aromatic rings. The molecule has 0 saturated carbocycles. The first-order valence-electron chi connectivity index (χ1n) is 11.3. The molecule has 1 N–H and O–H groups in total. The molecule has 4 nitrogen and oxygen atoms in total. The summed E-state index contributed by atoms with van der Waals surface area (Å²) < 4.78 is 0. The normalized spacial score (nSPS) is 14.7. The Labute approximate surface area is 190 Å². The highest BCUT2D eigenvalue weighted by atomic mass is 16.1. The van der Waals surface area contributed by atoms with Gasteiger partial charge in [0.25, 0.3) is 5.91 Å². The Kier molecular flexibility index (Phi) is 14.7. The number of rotatable bonds is 13. The summed E-state index contributed by atoms with van der Waals surface area (Å²) in [5.74, 6) is 0.255. The zero-order valence-electron chi connectivity index (χ0n) is 20.6. The SMILES string of the molecule is C=C(CC(/C=C\CC#N)=C/C)C(=C/C)/C(=C\CC)N=C(C)C(=O)NC(CCC)C(C)C. The molecule has 31 heavy (non-hydrogen) atoms. The molecule has 0 bridgehead atoms. The van der Waals surface area contributed by atoms with E-state index >= 15 is 0 Å². The van der Waals surface area contributed by atoms with Crippen LogP contribution in [0, 0.1) is 17.2 Å². The first-order valence-corrected chi connectivity index (χ1v) is 11.3. The van der Waals surface area contributed by atoms with Crippen molar-refractivity contribution in [1.82, 2.24) is 5.32 Å². The van der Waals surface area contributed by atoms with E-state index < -0.39 is 0 Å². The van der Waals surface area contributed by atoms with Crippen LogP contribution in [0.5, 0.6) is 0 Å². The number of carbonyl (C=O) groups excluding carboxylic acids is 1. The number of hydrogen-bond acceptors (Lipinski definition) is 3. The van der Waals surface area contributed by atoms with Crippen LogP contribution in [0.4, 0.5) is 0 Å². The maximum Gasteiger partial charge on any atom is 0.265 e. The average Bonchev–Trinajstić information content (AvgIpc) is 2.73. The Balaban J connectivity index is 5.63. The minimum Gasteiger partial charge on any atom is -0.348 e. The lowest BCUT2D eigenvalue weighted by Gasteiger charge is -2.22. The highest BCUT2D eigenvalue weighted by Crippen LogP contribution is 2.26. The summed E-state index contributed by atoms with van der Waals surface area (Å²) in [6, 6.07) is 2.27. The molecule has 0 rings (SSSR count). The zero-order valence-corrected chi connectivity index (χ0v) is 20.6. The van der Waals surface area contributed by atoms with E-state index in [2.05, 4.69) is 45.7 Å². The molecular formula is C27H41N3O. The minimum absolute atomic E-state index is 0.121.